The Morgan fingerprint density at radius 2 is 2.23 bits per heavy atom. The largest absolute Gasteiger partial charge is 0.467 e. The van der Waals surface area contributed by atoms with Crippen LogP contribution >= 0.6 is 11.8 Å². The number of thioether (sulfide) groups is 1. The van der Waals surface area contributed by atoms with Crippen LogP contribution in [0.25, 0.3) is 0 Å². The molecule has 1 unspecified atom stereocenters. The number of methoxy groups -OCH3 is 1. The van der Waals surface area contributed by atoms with Gasteiger partial charge in [0.05, 0.1) is 7.11 Å². The number of epoxide rings is 1. The second-order valence-electron chi connectivity index (χ2n) is 3.89. The summed E-state index contributed by atoms with van der Waals surface area (Å²) in [6.07, 6.45) is 4.06. The molecule has 0 N–H and O–H groups in total. The van der Waals surface area contributed by atoms with Gasteiger partial charge in [-0.3, -0.25) is 0 Å². The molecule has 1 heterocycles. The van der Waals surface area contributed by atoms with E-state index in [2.05, 4.69) is 6.26 Å². The molecule has 0 aromatic heterocycles. The highest BCUT2D eigenvalue weighted by Gasteiger charge is 2.76. The van der Waals surface area contributed by atoms with Gasteiger partial charge in [0, 0.05) is 5.25 Å². The van der Waals surface area contributed by atoms with E-state index >= 15 is 0 Å². The number of carbonyl (C=O) groups excluding carboxylic acids is 1. The van der Waals surface area contributed by atoms with Crippen LogP contribution in [0.3, 0.4) is 0 Å². The Balaban J connectivity index is 1.98. The van der Waals surface area contributed by atoms with Crippen molar-refractivity contribution in [2.24, 2.45) is 0 Å². The average Bonchev–Trinajstić information content (AvgIpc) is 2.69. The van der Waals surface area contributed by atoms with E-state index in [9.17, 15) is 4.79 Å². The molecular formula is C9H14O3S. The Hall–Kier alpha value is -0.220. The minimum absolute atomic E-state index is 0.173. The SMILES string of the molecule is COC(=O)C1(C)OC12CC(SC)C2. The fourth-order valence-electron chi connectivity index (χ4n) is 2.10. The third kappa shape index (κ3) is 1.05. The highest BCUT2D eigenvalue weighted by molar-refractivity contribution is 7.99. The molecule has 2 fully saturated rings. The molecule has 3 nitrogen and oxygen atoms in total. The monoisotopic (exact) mass is 202 g/mol. The molecule has 0 aromatic rings. The first-order chi connectivity index (χ1) is 6.08. The number of hydrogen-bond acceptors (Lipinski definition) is 4. The normalized spacial score (nSPS) is 47.2. The van der Waals surface area contributed by atoms with E-state index < -0.39 is 5.60 Å². The molecule has 1 atom stereocenters. The van der Waals surface area contributed by atoms with E-state index in [-0.39, 0.29) is 11.6 Å². The topological polar surface area (TPSA) is 38.8 Å². The van der Waals surface area contributed by atoms with Gasteiger partial charge in [-0.1, -0.05) is 0 Å². The Labute approximate surface area is 82.2 Å². The molecule has 0 bridgehead atoms. The Morgan fingerprint density at radius 3 is 2.69 bits per heavy atom. The minimum Gasteiger partial charge on any atom is -0.467 e. The van der Waals surface area contributed by atoms with Gasteiger partial charge in [0.2, 0.25) is 0 Å². The van der Waals surface area contributed by atoms with Gasteiger partial charge in [0.25, 0.3) is 0 Å². The van der Waals surface area contributed by atoms with Gasteiger partial charge < -0.3 is 9.47 Å². The number of carbonyl (C=O) groups is 1. The van der Waals surface area contributed by atoms with Crippen LogP contribution in [0, 0.1) is 0 Å². The molecule has 0 radical (unpaired) electrons. The summed E-state index contributed by atoms with van der Waals surface area (Å²) in [6.45, 7) is 1.83. The van der Waals surface area contributed by atoms with Crippen molar-refractivity contribution in [2.75, 3.05) is 13.4 Å². The van der Waals surface area contributed by atoms with Crippen LogP contribution < -0.4 is 0 Å². The van der Waals surface area contributed by atoms with Crippen molar-refractivity contribution in [1.29, 1.82) is 0 Å². The van der Waals surface area contributed by atoms with Crippen LogP contribution in [0.15, 0.2) is 0 Å². The molecule has 1 saturated carbocycles. The van der Waals surface area contributed by atoms with Gasteiger partial charge in [-0.25, -0.2) is 4.79 Å². The lowest BCUT2D eigenvalue weighted by atomic mass is 9.76. The van der Waals surface area contributed by atoms with Gasteiger partial charge in [0.1, 0.15) is 5.60 Å². The first-order valence-electron chi connectivity index (χ1n) is 4.39. The standard InChI is InChI=1S/C9H14O3S/c1-8(7(10)11-2)9(12-8)4-6(5-9)13-3/h6H,4-5H2,1-3H3. The van der Waals surface area contributed by atoms with E-state index in [4.69, 9.17) is 9.47 Å². The van der Waals surface area contributed by atoms with Crippen LogP contribution in [-0.2, 0) is 14.3 Å². The predicted octanol–water partition coefficient (Wildman–Crippen LogP) is 1.21. The maximum atomic E-state index is 11.3. The molecule has 2 rings (SSSR count). The van der Waals surface area contributed by atoms with Crippen molar-refractivity contribution in [3.05, 3.63) is 0 Å². The van der Waals surface area contributed by atoms with Gasteiger partial charge >= 0.3 is 5.97 Å². The highest BCUT2D eigenvalue weighted by Crippen LogP contribution is 2.62. The van der Waals surface area contributed by atoms with Crippen LogP contribution in [0.5, 0.6) is 0 Å². The summed E-state index contributed by atoms with van der Waals surface area (Å²) in [5.74, 6) is -0.230. The van der Waals surface area contributed by atoms with Crippen molar-refractivity contribution >= 4 is 17.7 Å². The number of esters is 1. The van der Waals surface area contributed by atoms with Crippen molar-refractivity contribution in [2.45, 2.75) is 36.2 Å². The van der Waals surface area contributed by atoms with Gasteiger partial charge in [-0.2, -0.15) is 11.8 Å². The summed E-state index contributed by atoms with van der Waals surface area (Å²) in [6, 6.07) is 0. The van der Waals surface area contributed by atoms with Crippen LogP contribution in [0.1, 0.15) is 19.8 Å². The zero-order chi connectivity index (χ0) is 9.69. The van der Waals surface area contributed by atoms with Gasteiger partial charge in [-0.05, 0) is 26.0 Å². The predicted molar refractivity (Wildman–Crippen MR) is 50.8 cm³/mol. The third-order valence-corrected chi connectivity index (χ3v) is 4.25. The molecule has 1 spiro atoms. The average molecular weight is 202 g/mol. The summed E-state index contributed by atoms with van der Waals surface area (Å²) >= 11 is 1.84. The van der Waals surface area contributed by atoms with E-state index in [1.807, 2.05) is 18.7 Å². The molecule has 13 heavy (non-hydrogen) atoms. The lowest BCUT2D eigenvalue weighted by molar-refractivity contribution is -0.146. The van der Waals surface area contributed by atoms with Crippen molar-refractivity contribution in [1.82, 2.24) is 0 Å². The third-order valence-electron chi connectivity index (χ3n) is 3.25. The van der Waals surface area contributed by atoms with Gasteiger partial charge in [-0.15, -0.1) is 0 Å². The fourth-order valence-corrected chi connectivity index (χ4v) is 2.97. The quantitative estimate of drug-likeness (QED) is 0.498. The highest BCUT2D eigenvalue weighted by atomic mass is 32.2. The zero-order valence-corrected chi connectivity index (χ0v) is 8.94. The maximum Gasteiger partial charge on any atom is 0.340 e. The smallest absolute Gasteiger partial charge is 0.340 e. The summed E-state index contributed by atoms with van der Waals surface area (Å²) in [5, 5.41) is 0.659. The molecule has 0 amide bonds. The first kappa shape index (κ1) is 9.34. The molecule has 1 saturated heterocycles. The summed E-state index contributed by atoms with van der Waals surface area (Å²) in [7, 11) is 1.41. The number of hydrogen-bond donors (Lipinski definition) is 0. The number of ether oxygens (including phenoxy) is 2. The fraction of sp³-hybridized carbons (Fsp3) is 0.889. The molecule has 74 valence electrons. The Bertz CT molecular complexity index is 247. The minimum atomic E-state index is -0.645. The lowest BCUT2D eigenvalue weighted by Crippen LogP contribution is -2.43. The van der Waals surface area contributed by atoms with Crippen LogP contribution in [0.2, 0.25) is 0 Å². The van der Waals surface area contributed by atoms with Crippen LogP contribution in [0.4, 0.5) is 0 Å². The zero-order valence-electron chi connectivity index (χ0n) is 8.12. The second kappa shape index (κ2) is 2.64. The van der Waals surface area contributed by atoms with E-state index in [0.29, 0.717) is 5.25 Å². The second-order valence-corrected chi connectivity index (χ2v) is 5.03. The van der Waals surface area contributed by atoms with E-state index in [1.54, 1.807) is 0 Å². The Kier molecular flexibility index (Phi) is 1.90. The molecular weight excluding hydrogens is 188 g/mol. The molecule has 2 aliphatic rings. The lowest BCUT2D eigenvalue weighted by Gasteiger charge is -2.33. The van der Waals surface area contributed by atoms with E-state index in [0.717, 1.165) is 12.8 Å². The first-order valence-corrected chi connectivity index (χ1v) is 5.68. The van der Waals surface area contributed by atoms with E-state index in [1.165, 1.54) is 7.11 Å². The summed E-state index contributed by atoms with van der Waals surface area (Å²) in [5.41, 5.74) is -0.818. The molecule has 0 aromatic carbocycles. The van der Waals surface area contributed by atoms with Gasteiger partial charge in [0.15, 0.2) is 5.60 Å². The van der Waals surface area contributed by atoms with Crippen LogP contribution in [-0.4, -0.2) is 35.8 Å². The molecule has 1 aliphatic heterocycles. The van der Waals surface area contributed by atoms with Crippen molar-refractivity contribution in [3.63, 3.8) is 0 Å². The number of rotatable bonds is 2. The molecule has 4 heteroatoms. The van der Waals surface area contributed by atoms with Crippen molar-refractivity contribution in [3.8, 4) is 0 Å². The summed E-state index contributed by atoms with van der Waals surface area (Å²) < 4.78 is 10.2. The molecule has 1 aliphatic carbocycles. The van der Waals surface area contributed by atoms with Crippen molar-refractivity contribution < 1.29 is 14.3 Å². The summed E-state index contributed by atoms with van der Waals surface area (Å²) in [4.78, 5) is 11.3. The maximum absolute atomic E-state index is 11.3. The Morgan fingerprint density at radius 1 is 1.62 bits per heavy atom.